The molecule has 0 aromatic heterocycles. The molecule has 2 aliphatic rings. The predicted octanol–water partition coefficient (Wildman–Crippen LogP) is 4.26. The van der Waals surface area contributed by atoms with Crippen molar-refractivity contribution in [3.63, 3.8) is 0 Å². The van der Waals surface area contributed by atoms with Crippen LogP contribution in [-0.2, 0) is 14.3 Å². The Labute approximate surface area is 200 Å². The number of nitrogens with one attached hydrogen (secondary N) is 1. The Kier molecular flexibility index (Phi) is 7.20. The van der Waals surface area contributed by atoms with E-state index in [1.165, 1.54) is 11.1 Å². The zero-order valence-corrected chi connectivity index (χ0v) is 19.7. The molecule has 1 fully saturated rings. The number of carbonyl (C=O) groups is 3. The molecule has 180 valence electrons. The van der Waals surface area contributed by atoms with E-state index in [9.17, 15) is 19.5 Å². The van der Waals surface area contributed by atoms with Crippen molar-refractivity contribution in [2.45, 2.75) is 45.1 Å². The summed E-state index contributed by atoms with van der Waals surface area (Å²) in [6.07, 6.45) is 1.68. The molecule has 1 saturated carbocycles. The Bertz CT molecular complexity index is 1020. The van der Waals surface area contributed by atoms with Gasteiger partial charge in [-0.3, -0.25) is 9.59 Å². The second-order valence-corrected chi connectivity index (χ2v) is 9.23. The molecule has 0 bridgehead atoms. The van der Waals surface area contributed by atoms with Gasteiger partial charge in [-0.05, 0) is 42.0 Å². The Morgan fingerprint density at radius 3 is 2.26 bits per heavy atom. The molecule has 3 atom stereocenters. The van der Waals surface area contributed by atoms with Crippen molar-refractivity contribution in [1.82, 2.24) is 10.2 Å². The van der Waals surface area contributed by atoms with Crippen LogP contribution in [0, 0.1) is 11.8 Å². The van der Waals surface area contributed by atoms with Crippen LogP contribution in [0.5, 0.6) is 0 Å². The van der Waals surface area contributed by atoms with E-state index in [4.69, 9.17) is 4.74 Å². The van der Waals surface area contributed by atoms with Crippen LogP contribution in [0.1, 0.15) is 50.2 Å². The molecule has 1 unspecified atom stereocenters. The molecule has 0 spiro atoms. The Morgan fingerprint density at radius 2 is 1.68 bits per heavy atom. The first-order chi connectivity index (χ1) is 16.4. The fourth-order valence-electron chi connectivity index (χ4n) is 5.24. The van der Waals surface area contributed by atoms with Crippen LogP contribution in [0.25, 0.3) is 11.1 Å². The van der Waals surface area contributed by atoms with Crippen molar-refractivity contribution < 1.29 is 24.2 Å². The maximum Gasteiger partial charge on any atom is 0.407 e. The average Bonchev–Trinajstić information content (AvgIpc) is 3.43. The van der Waals surface area contributed by atoms with Crippen LogP contribution in [-0.4, -0.2) is 53.7 Å². The molecule has 7 nitrogen and oxygen atoms in total. The van der Waals surface area contributed by atoms with E-state index in [1.54, 1.807) is 11.8 Å². The fraction of sp³-hybridized carbons (Fsp3) is 0.444. The number of rotatable bonds is 8. The number of benzene rings is 2. The van der Waals surface area contributed by atoms with Gasteiger partial charge in [-0.2, -0.15) is 0 Å². The first kappa shape index (κ1) is 23.8. The van der Waals surface area contributed by atoms with Crippen LogP contribution < -0.4 is 5.32 Å². The minimum atomic E-state index is -0.925. The number of amides is 2. The number of aliphatic carboxylic acids is 1. The Hall–Kier alpha value is -3.35. The van der Waals surface area contributed by atoms with E-state index >= 15 is 0 Å². The number of carboxylic acids is 1. The zero-order chi connectivity index (χ0) is 24.2. The van der Waals surface area contributed by atoms with Gasteiger partial charge >= 0.3 is 12.1 Å². The van der Waals surface area contributed by atoms with Gasteiger partial charge in [-0.1, -0.05) is 61.9 Å². The van der Waals surface area contributed by atoms with Crippen LogP contribution >= 0.6 is 0 Å². The summed E-state index contributed by atoms with van der Waals surface area (Å²) < 4.78 is 5.66. The topological polar surface area (TPSA) is 95.9 Å². The number of carboxylic acid groups (broad SMARTS) is 1. The summed E-state index contributed by atoms with van der Waals surface area (Å²) in [4.78, 5) is 38.6. The second kappa shape index (κ2) is 10.3. The number of alkyl carbamates (subject to hydrolysis) is 1. The van der Waals surface area contributed by atoms with Gasteiger partial charge in [0.15, 0.2) is 0 Å². The van der Waals surface area contributed by atoms with Gasteiger partial charge in [0.05, 0.1) is 11.8 Å². The Morgan fingerprint density at radius 1 is 1.06 bits per heavy atom. The van der Waals surface area contributed by atoms with E-state index < -0.39 is 18.0 Å². The molecule has 2 aromatic carbocycles. The molecule has 2 N–H and O–H groups in total. The molecule has 0 radical (unpaired) electrons. The molecule has 0 aliphatic heterocycles. The van der Waals surface area contributed by atoms with Crippen molar-refractivity contribution in [1.29, 1.82) is 0 Å². The lowest BCUT2D eigenvalue weighted by atomic mass is 9.98. The zero-order valence-electron chi connectivity index (χ0n) is 19.7. The molecule has 2 aliphatic carbocycles. The molecule has 4 rings (SSSR count). The third kappa shape index (κ3) is 4.79. The van der Waals surface area contributed by atoms with Crippen LogP contribution in [0.2, 0.25) is 0 Å². The largest absolute Gasteiger partial charge is 0.481 e. The first-order valence-electron chi connectivity index (χ1n) is 12.0. The number of hydrogen-bond acceptors (Lipinski definition) is 4. The smallest absolute Gasteiger partial charge is 0.407 e. The standard InChI is InChI=1S/C27H32N2O5/c1-3-29(15-17(2)26(31)32)25(30)22-13-8-14-24(22)28-27(33)34-16-23-20-11-6-4-9-18(20)19-10-5-7-12-21(19)23/h4-7,9-12,17,22-24H,3,8,13-16H2,1-2H3,(H,28,33)(H,31,32)/t17?,22-,24+/m1/s1. The lowest BCUT2D eigenvalue weighted by Gasteiger charge is -2.29. The average molecular weight is 465 g/mol. The molecular weight excluding hydrogens is 432 g/mol. The normalized spacial score (nSPS) is 19.7. The summed E-state index contributed by atoms with van der Waals surface area (Å²) >= 11 is 0. The summed E-state index contributed by atoms with van der Waals surface area (Å²) in [7, 11) is 0. The number of carbonyl (C=O) groups excluding carboxylic acids is 2. The minimum absolute atomic E-state index is 0.0211. The summed E-state index contributed by atoms with van der Waals surface area (Å²) in [6.45, 7) is 4.26. The maximum absolute atomic E-state index is 13.1. The Balaban J connectivity index is 1.37. The van der Waals surface area contributed by atoms with Crippen LogP contribution in [0.3, 0.4) is 0 Å². The van der Waals surface area contributed by atoms with Crippen LogP contribution in [0.15, 0.2) is 48.5 Å². The van der Waals surface area contributed by atoms with E-state index in [-0.39, 0.29) is 36.9 Å². The number of fused-ring (bicyclic) bond motifs is 3. The monoisotopic (exact) mass is 464 g/mol. The highest BCUT2D eigenvalue weighted by atomic mass is 16.5. The summed E-state index contributed by atoms with van der Waals surface area (Å²) in [5.74, 6) is -2.05. The number of nitrogens with zero attached hydrogens (tertiary/aromatic N) is 1. The predicted molar refractivity (Wildman–Crippen MR) is 128 cm³/mol. The minimum Gasteiger partial charge on any atom is -0.481 e. The number of hydrogen-bond donors (Lipinski definition) is 2. The highest BCUT2D eigenvalue weighted by molar-refractivity contribution is 5.82. The van der Waals surface area contributed by atoms with Crippen molar-refractivity contribution in [2.75, 3.05) is 19.7 Å². The third-order valence-electron chi connectivity index (χ3n) is 7.09. The van der Waals surface area contributed by atoms with E-state index in [1.807, 2.05) is 31.2 Å². The third-order valence-corrected chi connectivity index (χ3v) is 7.09. The molecule has 34 heavy (non-hydrogen) atoms. The van der Waals surface area contributed by atoms with Gasteiger partial charge < -0.3 is 20.1 Å². The summed E-state index contributed by atoms with van der Waals surface area (Å²) in [6, 6.07) is 16.0. The SMILES string of the molecule is CCN(CC(C)C(=O)O)C(=O)[C@@H]1CCC[C@@H]1NC(=O)OCC1c2ccccc2-c2ccccc21. The van der Waals surface area contributed by atoms with Crippen LogP contribution in [0.4, 0.5) is 4.79 Å². The molecule has 2 amide bonds. The van der Waals surface area contributed by atoms with Gasteiger partial charge in [0.25, 0.3) is 0 Å². The quantitative estimate of drug-likeness (QED) is 0.609. The maximum atomic E-state index is 13.1. The second-order valence-electron chi connectivity index (χ2n) is 9.23. The van der Waals surface area contributed by atoms with Gasteiger partial charge in [0.2, 0.25) is 5.91 Å². The lowest BCUT2D eigenvalue weighted by molar-refractivity contribution is -0.144. The van der Waals surface area contributed by atoms with E-state index in [0.717, 1.165) is 17.5 Å². The molecule has 2 aromatic rings. The highest BCUT2D eigenvalue weighted by Gasteiger charge is 2.37. The van der Waals surface area contributed by atoms with E-state index in [0.29, 0.717) is 19.4 Å². The summed E-state index contributed by atoms with van der Waals surface area (Å²) in [5, 5.41) is 12.1. The lowest BCUT2D eigenvalue weighted by Crippen LogP contribution is -2.47. The fourth-order valence-corrected chi connectivity index (χ4v) is 5.24. The first-order valence-corrected chi connectivity index (χ1v) is 12.0. The van der Waals surface area contributed by atoms with Gasteiger partial charge in [-0.25, -0.2) is 4.79 Å². The molecular formula is C27H32N2O5. The van der Waals surface area contributed by atoms with Crippen molar-refractivity contribution >= 4 is 18.0 Å². The van der Waals surface area contributed by atoms with E-state index in [2.05, 4.69) is 29.6 Å². The number of ether oxygens (including phenoxy) is 1. The van der Waals surface area contributed by atoms with Gasteiger partial charge in [0, 0.05) is 25.0 Å². The van der Waals surface area contributed by atoms with Crippen molar-refractivity contribution in [3.05, 3.63) is 59.7 Å². The highest BCUT2D eigenvalue weighted by Crippen LogP contribution is 2.44. The molecule has 0 heterocycles. The molecule has 7 heteroatoms. The van der Waals surface area contributed by atoms with Gasteiger partial charge in [-0.15, -0.1) is 0 Å². The molecule has 0 saturated heterocycles. The van der Waals surface area contributed by atoms with Crippen molar-refractivity contribution in [3.8, 4) is 11.1 Å². The summed E-state index contributed by atoms with van der Waals surface area (Å²) in [5.41, 5.74) is 4.64. The van der Waals surface area contributed by atoms with Crippen molar-refractivity contribution in [2.24, 2.45) is 11.8 Å². The van der Waals surface area contributed by atoms with Gasteiger partial charge in [0.1, 0.15) is 6.61 Å².